The van der Waals surface area contributed by atoms with Crippen LogP contribution in [0.15, 0.2) is 23.1 Å². The Balaban J connectivity index is 2.42. The maximum Gasteiger partial charge on any atom is 0.265 e. The van der Waals surface area contributed by atoms with Crippen LogP contribution in [0.25, 0.3) is 0 Å². The van der Waals surface area contributed by atoms with Gasteiger partial charge in [-0.25, -0.2) is 12.8 Å². The van der Waals surface area contributed by atoms with Crippen LogP contribution in [0.5, 0.6) is 0 Å². The monoisotopic (exact) mass is 294 g/mol. The molecule has 0 radical (unpaired) electrons. The first-order chi connectivity index (χ1) is 9.35. The van der Waals surface area contributed by atoms with E-state index in [9.17, 15) is 12.8 Å². The van der Waals surface area contributed by atoms with Crippen molar-refractivity contribution < 1.29 is 12.8 Å². The van der Waals surface area contributed by atoms with Gasteiger partial charge in [-0.1, -0.05) is 0 Å². The Morgan fingerprint density at radius 1 is 1.40 bits per heavy atom. The number of aromatic nitrogens is 2. The molecule has 2 aromatic rings. The number of nitrogens with zero attached hydrogens (tertiary/aromatic N) is 2. The minimum absolute atomic E-state index is 0.0127. The third kappa shape index (κ3) is 2.48. The smallest absolute Gasteiger partial charge is 0.265 e. The first-order valence-corrected chi connectivity index (χ1v) is 7.07. The Morgan fingerprint density at radius 2 is 2.10 bits per heavy atom. The zero-order valence-corrected chi connectivity index (χ0v) is 11.5. The number of nitrogens with one attached hydrogen (secondary N) is 2. The summed E-state index contributed by atoms with van der Waals surface area (Å²) < 4.78 is 40.3. The van der Waals surface area contributed by atoms with Crippen LogP contribution < -0.4 is 4.72 Å². The minimum Gasteiger partial charge on any atom is -0.281 e. The summed E-state index contributed by atoms with van der Waals surface area (Å²) in [5.41, 5.74) is 0.554. The standard InChI is InChI=1S/C12H11FN4O2S/c1-7-12(8(2)16-15-7)20(18,19)17-11-4-3-9(6-14)5-10(11)13/h3-5,17H,1-2H3,(H,15,16). The summed E-state index contributed by atoms with van der Waals surface area (Å²) in [6.45, 7) is 3.09. The maximum absolute atomic E-state index is 13.7. The molecule has 8 heteroatoms. The van der Waals surface area contributed by atoms with Crippen molar-refractivity contribution in [3.05, 3.63) is 41.0 Å². The zero-order valence-electron chi connectivity index (χ0n) is 10.7. The van der Waals surface area contributed by atoms with E-state index in [1.54, 1.807) is 13.0 Å². The topological polar surface area (TPSA) is 98.6 Å². The van der Waals surface area contributed by atoms with Gasteiger partial charge in [0.15, 0.2) is 0 Å². The summed E-state index contributed by atoms with van der Waals surface area (Å²) in [4.78, 5) is -0.0127. The average molecular weight is 294 g/mol. The molecule has 1 heterocycles. The average Bonchev–Trinajstić information content (AvgIpc) is 2.72. The van der Waals surface area contributed by atoms with Crippen LogP contribution in [0.4, 0.5) is 10.1 Å². The zero-order chi connectivity index (χ0) is 14.9. The molecule has 2 rings (SSSR count). The van der Waals surface area contributed by atoms with Crippen molar-refractivity contribution in [3.8, 4) is 6.07 Å². The summed E-state index contributed by atoms with van der Waals surface area (Å²) in [5, 5.41) is 15.0. The molecule has 104 valence electrons. The molecule has 0 aliphatic rings. The Hall–Kier alpha value is -2.40. The second-order valence-corrected chi connectivity index (χ2v) is 5.79. The van der Waals surface area contributed by atoms with Crippen molar-refractivity contribution in [3.63, 3.8) is 0 Å². The van der Waals surface area contributed by atoms with E-state index in [0.717, 1.165) is 6.07 Å². The van der Waals surface area contributed by atoms with Crippen LogP contribution in [0.1, 0.15) is 17.0 Å². The summed E-state index contributed by atoms with van der Waals surface area (Å²) in [6, 6.07) is 5.27. The first-order valence-electron chi connectivity index (χ1n) is 5.59. The molecule has 0 bridgehead atoms. The number of benzene rings is 1. The van der Waals surface area contributed by atoms with Gasteiger partial charge < -0.3 is 0 Å². The Labute approximate surface area is 115 Å². The molecule has 0 saturated carbocycles. The van der Waals surface area contributed by atoms with Crippen LogP contribution in [0, 0.1) is 31.0 Å². The van der Waals surface area contributed by atoms with E-state index in [1.165, 1.54) is 19.1 Å². The highest BCUT2D eigenvalue weighted by molar-refractivity contribution is 7.92. The number of halogens is 1. The van der Waals surface area contributed by atoms with Crippen molar-refractivity contribution in [1.29, 1.82) is 5.26 Å². The molecule has 0 amide bonds. The lowest BCUT2D eigenvalue weighted by Gasteiger charge is -2.09. The van der Waals surface area contributed by atoms with Crippen molar-refractivity contribution in [1.82, 2.24) is 10.2 Å². The Kier molecular flexibility index (Phi) is 3.46. The fourth-order valence-electron chi connectivity index (χ4n) is 1.80. The Morgan fingerprint density at radius 3 is 2.60 bits per heavy atom. The number of hydrogen-bond acceptors (Lipinski definition) is 4. The lowest BCUT2D eigenvalue weighted by Crippen LogP contribution is -2.15. The normalized spacial score (nSPS) is 11.1. The van der Waals surface area contributed by atoms with E-state index in [-0.39, 0.29) is 16.1 Å². The van der Waals surface area contributed by atoms with Crippen molar-refractivity contribution in [2.24, 2.45) is 0 Å². The number of aryl methyl sites for hydroxylation is 2. The lowest BCUT2D eigenvalue weighted by molar-refractivity contribution is 0.597. The molecule has 0 fully saturated rings. The van der Waals surface area contributed by atoms with E-state index in [4.69, 9.17) is 5.26 Å². The predicted molar refractivity (Wildman–Crippen MR) is 70.0 cm³/mol. The number of aromatic amines is 1. The molecular formula is C12H11FN4O2S. The Bertz CT molecular complexity index is 786. The molecule has 6 nitrogen and oxygen atoms in total. The van der Waals surface area contributed by atoms with Gasteiger partial charge in [0.2, 0.25) is 0 Å². The van der Waals surface area contributed by atoms with Gasteiger partial charge in [0.05, 0.1) is 28.7 Å². The van der Waals surface area contributed by atoms with Crippen LogP contribution in [0.2, 0.25) is 0 Å². The molecule has 1 aromatic heterocycles. The van der Waals surface area contributed by atoms with Crippen LogP contribution in [0.3, 0.4) is 0 Å². The van der Waals surface area contributed by atoms with Gasteiger partial charge in [-0.15, -0.1) is 0 Å². The van der Waals surface area contributed by atoms with Gasteiger partial charge in [-0.05, 0) is 32.0 Å². The second kappa shape index (κ2) is 4.94. The van der Waals surface area contributed by atoms with Gasteiger partial charge in [-0.2, -0.15) is 10.4 Å². The summed E-state index contributed by atoms with van der Waals surface area (Å²) >= 11 is 0. The van der Waals surface area contributed by atoms with Crippen LogP contribution in [-0.2, 0) is 10.0 Å². The molecule has 1 aromatic carbocycles. The highest BCUT2D eigenvalue weighted by Crippen LogP contribution is 2.23. The summed E-state index contributed by atoms with van der Waals surface area (Å²) in [7, 11) is -3.94. The van der Waals surface area contributed by atoms with Crippen LogP contribution in [-0.4, -0.2) is 18.6 Å². The van der Waals surface area contributed by atoms with E-state index in [0.29, 0.717) is 11.4 Å². The van der Waals surface area contributed by atoms with E-state index in [1.807, 2.05) is 0 Å². The van der Waals surface area contributed by atoms with Gasteiger partial charge in [0.25, 0.3) is 10.0 Å². The number of H-pyrrole nitrogens is 1. The molecule has 2 N–H and O–H groups in total. The second-order valence-electron chi connectivity index (χ2n) is 4.18. The molecule has 0 saturated heterocycles. The molecule has 0 spiro atoms. The molecule has 0 atom stereocenters. The van der Waals surface area contributed by atoms with Gasteiger partial charge >= 0.3 is 0 Å². The van der Waals surface area contributed by atoms with Gasteiger partial charge in [0.1, 0.15) is 10.7 Å². The van der Waals surface area contributed by atoms with Gasteiger partial charge in [-0.3, -0.25) is 9.82 Å². The van der Waals surface area contributed by atoms with E-state index < -0.39 is 15.8 Å². The number of anilines is 1. The number of nitriles is 1. The maximum atomic E-state index is 13.7. The third-order valence-electron chi connectivity index (χ3n) is 2.67. The molecular weight excluding hydrogens is 283 g/mol. The molecule has 0 aliphatic carbocycles. The number of rotatable bonds is 3. The fraction of sp³-hybridized carbons (Fsp3) is 0.167. The lowest BCUT2D eigenvalue weighted by atomic mass is 10.2. The third-order valence-corrected chi connectivity index (χ3v) is 4.30. The highest BCUT2D eigenvalue weighted by Gasteiger charge is 2.23. The molecule has 20 heavy (non-hydrogen) atoms. The molecule has 0 unspecified atom stereocenters. The van der Waals surface area contributed by atoms with Crippen molar-refractivity contribution >= 4 is 15.7 Å². The number of hydrogen-bond donors (Lipinski definition) is 2. The van der Waals surface area contributed by atoms with E-state index >= 15 is 0 Å². The number of sulfonamides is 1. The van der Waals surface area contributed by atoms with Crippen LogP contribution >= 0.6 is 0 Å². The summed E-state index contributed by atoms with van der Waals surface area (Å²) in [5.74, 6) is -0.813. The highest BCUT2D eigenvalue weighted by atomic mass is 32.2. The SMILES string of the molecule is Cc1n[nH]c(C)c1S(=O)(=O)Nc1ccc(C#N)cc1F. The first kappa shape index (κ1) is 14.0. The fourth-order valence-corrected chi connectivity index (χ4v) is 3.24. The van der Waals surface area contributed by atoms with Gasteiger partial charge in [0, 0.05) is 0 Å². The quantitative estimate of drug-likeness (QED) is 0.902. The predicted octanol–water partition coefficient (Wildman–Crippen LogP) is 1.84. The van der Waals surface area contributed by atoms with Crippen molar-refractivity contribution in [2.45, 2.75) is 18.7 Å². The summed E-state index contributed by atoms with van der Waals surface area (Å²) in [6.07, 6.45) is 0. The molecule has 0 aliphatic heterocycles. The minimum atomic E-state index is -3.94. The van der Waals surface area contributed by atoms with E-state index in [2.05, 4.69) is 14.9 Å². The largest absolute Gasteiger partial charge is 0.281 e. The van der Waals surface area contributed by atoms with Crippen molar-refractivity contribution in [2.75, 3.05) is 4.72 Å².